The van der Waals surface area contributed by atoms with Crippen molar-refractivity contribution in [3.8, 4) is 21.1 Å². The quantitative estimate of drug-likeness (QED) is 0.158. The molecular formula is C22H16N4OS4. The first-order chi connectivity index (χ1) is 15.2. The highest BCUT2D eigenvalue weighted by Gasteiger charge is 2.18. The molecule has 0 aliphatic carbocycles. The summed E-state index contributed by atoms with van der Waals surface area (Å²) >= 11 is 6.23. The molecule has 5 nitrogen and oxygen atoms in total. The van der Waals surface area contributed by atoms with E-state index in [0.29, 0.717) is 22.8 Å². The third-order valence-electron chi connectivity index (χ3n) is 4.54. The molecule has 0 bridgehead atoms. The second-order valence-electron chi connectivity index (χ2n) is 6.55. The van der Waals surface area contributed by atoms with Gasteiger partial charge in [0.1, 0.15) is 9.84 Å². The van der Waals surface area contributed by atoms with E-state index < -0.39 is 0 Å². The largest absolute Gasteiger partial charge is 0.283 e. The molecule has 0 radical (unpaired) electrons. The summed E-state index contributed by atoms with van der Waals surface area (Å²) in [6, 6.07) is 9.83. The van der Waals surface area contributed by atoms with Crippen molar-refractivity contribution in [2.45, 2.75) is 17.5 Å². The van der Waals surface area contributed by atoms with Crippen LogP contribution in [0.15, 0.2) is 75.3 Å². The fraction of sp³-hybridized carbons (Fsp3) is 0.0909. The molecule has 0 saturated heterocycles. The minimum atomic E-state index is -0.0236. The van der Waals surface area contributed by atoms with E-state index >= 15 is 0 Å². The van der Waals surface area contributed by atoms with Crippen molar-refractivity contribution in [3.05, 3.63) is 81.4 Å². The van der Waals surface area contributed by atoms with E-state index in [9.17, 15) is 4.79 Å². The summed E-state index contributed by atoms with van der Waals surface area (Å²) in [5.41, 5.74) is 2.75. The molecule has 0 amide bonds. The Balaban J connectivity index is 1.47. The summed E-state index contributed by atoms with van der Waals surface area (Å²) in [7, 11) is 0. The van der Waals surface area contributed by atoms with Crippen LogP contribution in [0, 0.1) is 0 Å². The van der Waals surface area contributed by atoms with Gasteiger partial charge in [-0.1, -0.05) is 30.0 Å². The highest BCUT2D eigenvalue weighted by atomic mass is 32.2. The van der Waals surface area contributed by atoms with E-state index in [-0.39, 0.29) is 5.56 Å². The van der Waals surface area contributed by atoms with Crippen molar-refractivity contribution < 1.29 is 0 Å². The Morgan fingerprint density at radius 2 is 2.03 bits per heavy atom. The third-order valence-corrected chi connectivity index (χ3v) is 8.24. The lowest BCUT2D eigenvalue weighted by Crippen LogP contribution is -2.22. The van der Waals surface area contributed by atoms with Crippen LogP contribution < -0.4 is 5.56 Å². The number of pyridine rings is 1. The molecule has 0 atom stereocenters. The monoisotopic (exact) mass is 480 g/mol. The topological polar surface area (TPSA) is 60.7 Å². The predicted octanol–water partition coefficient (Wildman–Crippen LogP) is 6.18. The Morgan fingerprint density at radius 3 is 2.81 bits per heavy atom. The number of hydrogen-bond acceptors (Lipinski definition) is 8. The van der Waals surface area contributed by atoms with Gasteiger partial charge in [0.2, 0.25) is 0 Å². The second kappa shape index (κ2) is 8.88. The van der Waals surface area contributed by atoms with Gasteiger partial charge in [0.15, 0.2) is 5.16 Å². The van der Waals surface area contributed by atoms with Crippen LogP contribution in [0.4, 0.5) is 0 Å². The first-order valence-electron chi connectivity index (χ1n) is 9.40. The van der Waals surface area contributed by atoms with E-state index in [2.05, 4.69) is 11.6 Å². The first-order valence-corrected chi connectivity index (χ1v) is 13.0. The number of thiazole rings is 1. The Kier molecular flexibility index (Phi) is 5.82. The van der Waals surface area contributed by atoms with Crippen LogP contribution >= 0.6 is 45.8 Å². The molecule has 5 rings (SSSR count). The molecule has 5 aromatic rings. The maximum absolute atomic E-state index is 13.4. The highest BCUT2D eigenvalue weighted by Crippen LogP contribution is 2.35. The molecule has 0 fully saturated rings. The maximum Gasteiger partial charge on any atom is 0.263 e. The molecule has 0 spiro atoms. The maximum atomic E-state index is 13.4. The number of rotatable bonds is 7. The lowest BCUT2D eigenvalue weighted by molar-refractivity contribution is 0.673. The van der Waals surface area contributed by atoms with E-state index in [1.807, 2.05) is 46.5 Å². The predicted molar refractivity (Wildman–Crippen MR) is 132 cm³/mol. The average molecular weight is 481 g/mol. The number of thiophene rings is 2. The zero-order chi connectivity index (χ0) is 21.2. The normalized spacial score (nSPS) is 11.2. The molecular weight excluding hydrogens is 465 g/mol. The van der Waals surface area contributed by atoms with Gasteiger partial charge >= 0.3 is 0 Å². The lowest BCUT2D eigenvalue weighted by atomic mass is 10.2. The molecule has 0 aliphatic heterocycles. The van der Waals surface area contributed by atoms with Gasteiger partial charge in [-0.25, -0.2) is 9.97 Å². The van der Waals surface area contributed by atoms with Gasteiger partial charge in [-0.3, -0.25) is 14.3 Å². The van der Waals surface area contributed by atoms with Gasteiger partial charge in [-0.15, -0.1) is 40.6 Å². The van der Waals surface area contributed by atoms with Crippen molar-refractivity contribution >= 4 is 56.0 Å². The molecule has 5 aromatic heterocycles. The summed E-state index contributed by atoms with van der Waals surface area (Å²) in [6.07, 6.45) is 3.50. The molecule has 154 valence electrons. The summed E-state index contributed by atoms with van der Waals surface area (Å²) in [5.74, 6) is 0.627. The van der Waals surface area contributed by atoms with Gasteiger partial charge in [0.25, 0.3) is 5.56 Å². The van der Waals surface area contributed by atoms with Crippen molar-refractivity contribution in [1.82, 2.24) is 19.5 Å². The highest BCUT2D eigenvalue weighted by molar-refractivity contribution is 7.98. The minimum Gasteiger partial charge on any atom is -0.283 e. The van der Waals surface area contributed by atoms with E-state index in [1.165, 1.54) is 23.1 Å². The summed E-state index contributed by atoms with van der Waals surface area (Å²) < 4.78 is 1.70. The fourth-order valence-electron chi connectivity index (χ4n) is 3.14. The average Bonchev–Trinajstić information content (AvgIpc) is 3.55. The van der Waals surface area contributed by atoms with Crippen LogP contribution in [0.1, 0.15) is 5.69 Å². The smallest absolute Gasteiger partial charge is 0.263 e. The number of aromatic nitrogens is 4. The molecule has 5 heterocycles. The number of fused-ring (bicyclic) bond motifs is 1. The molecule has 9 heteroatoms. The van der Waals surface area contributed by atoms with Crippen LogP contribution in [-0.2, 0) is 12.3 Å². The molecule has 0 saturated carbocycles. The zero-order valence-corrected chi connectivity index (χ0v) is 19.5. The van der Waals surface area contributed by atoms with E-state index in [1.54, 1.807) is 39.5 Å². The lowest BCUT2D eigenvalue weighted by Gasteiger charge is -2.10. The Morgan fingerprint density at radius 1 is 1.10 bits per heavy atom. The Bertz CT molecular complexity index is 1400. The number of nitrogens with zero attached hydrogens (tertiary/aromatic N) is 4. The SMILES string of the molecule is C=CCn1c(SCc2csc(-c3ccccn3)n2)nc2scc(-c3cccs3)c2c1=O. The molecule has 0 N–H and O–H groups in total. The van der Waals surface area contributed by atoms with Gasteiger partial charge in [-0.05, 0) is 23.6 Å². The molecule has 31 heavy (non-hydrogen) atoms. The van der Waals surface area contributed by atoms with Gasteiger partial charge in [0, 0.05) is 39.7 Å². The Hall–Kier alpha value is -2.59. The van der Waals surface area contributed by atoms with Crippen molar-refractivity contribution in [2.75, 3.05) is 0 Å². The molecule has 0 aliphatic rings. The summed E-state index contributed by atoms with van der Waals surface area (Å²) in [6.45, 7) is 4.24. The van der Waals surface area contributed by atoms with Crippen LogP contribution in [0.2, 0.25) is 0 Å². The number of allylic oxidation sites excluding steroid dienone is 1. The van der Waals surface area contributed by atoms with E-state index in [0.717, 1.165) is 31.7 Å². The minimum absolute atomic E-state index is 0.0236. The first kappa shape index (κ1) is 20.3. The van der Waals surface area contributed by atoms with Crippen LogP contribution in [-0.4, -0.2) is 19.5 Å². The third kappa shape index (κ3) is 4.01. The summed E-state index contributed by atoms with van der Waals surface area (Å²) in [4.78, 5) is 29.1. The van der Waals surface area contributed by atoms with Crippen LogP contribution in [0.5, 0.6) is 0 Å². The Labute approximate surface area is 194 Å². The molecule has 0 unspecified atom stereocenters. The van der Waals surface area contributed by atoms with Gasteiger partial charge < -0.3 is 0 Å². The zero-order valence-electron chi connectivity index (χ0n) is 16.2. The van der Waals surface area contributed by atoms with E-state index in [4.69, 9.17) is 9.97 Å². The van der Waals surface area contributed by atoms with Crippen molar-refractivity contribution in [3.63, 3.8) is 0 Å². The second-order valence-corrected chi connectivity index (χ2v) is 10.2. The number of hydrogen-bond donors (Lipinski definition) is 0. The standard InChI is InChI=1S/C22H16N4OS4/c1-2-9-26-21(27)18-15(17-7-5-10-28-17)13-30-20(18)25-22(26)31-12-14-11-29-19(24-14)16-6-3-4-8-23-16/h2-8,10-11,13H,1,9,12H2. The fourth-order valence-corrected chi connectivity index (χ4v) is 6.74. The van der Waals surface area contributed by atoms with Crippen molar-refractivity contribution in [2.24, 2.45) is 0 Å². The van der Waals surface area contributed by atoms with Crippen molar-refractivity contribution in [1.29, 1.82) is 0 Å². The van der Waals surface area contributed by atoms with Crippen LogP contribution in [0.3, 0.4) is 0 Å². The van der Waals surface area contributed by atoms with Gasteiger partial charge in [-0.2, -0.15) is 0 Å². The van der Waals surface area contributed by atoms with Gasteiger partial charge in [0.05, 0.1) is 16.8 Å². The molecule has 0 aromatic carbocycles. The van der Waals surface area contributed by atoms with Crippen LogP contribution in [0.25, 0.3) is 31.4 Å². The summed E-state index contributed by atoms with van der Waals surface area (Å²) in [5, 5.41) is 8.34. The number of thioether (sulfide) groups is 1.